The van der Waals surface area contributed by atoms with Gasteiger partial charge in [0.1, 0.15) is 23.2 Å². The van der Waals surface area contributed by atoms with E-state index in [1.165, 1.54) is 5.56 Å². The molecule has 0 aliphatic carbocycles. The van der Waals surface area contributed by atoms with Crippen molar-refractivity contribution in [1.82, 2.24) is 29.8 Å². The number of rotatable bonds is 8. The van der Waals surface area contributed by atoms with E-state index < -0.39 is 5.97 Å². The highest BCUT2D eigenvalue weighted by Gasteiger charge is 2.25. The Balaban J connectivity index is 1.21. The molecule has 1 fully saturated rings. The van der Waals surface area contributed by atoms with Crippen LogP contribution in [0.3, 0.4) is 0 Å². The predicted octanol–water partition coefficient (Wildman–Crippen LogP) is 4.27. The molecule has 0 spiro atoms. The van der Waals surface area contributed by atoms with E-state index in [-0.39, 0.29) is 5.92 Å². The number of hydrogen-bond donors (Lipinski definition) is 2. The third-order valence-corrected chi connectivity index (χ3v) is 6.38. The fraction of sp³-hybridized carbons (Fsp3) is 0.286. The molecule has 0 bridgehead atoms. The van der Waals surface area contributed by atoms with E-state index in [1.54, 1.807) is 18.5 Å². The Morgan fingerprint density at radius 3 is 2.51 bits per heavy atom. The van der Waals surface area contributed by atoms with Crippen LogP contribution in [0.2, 0.25) is 0 Å². The lowest BCUT2D eigenvalue weighted by atomic mass is 9.97. The normalized spacial score (nSPS) is 15.9. The van der Waals surface area contributed by atoms with Crippen LogP contribution >= 0.6 is 0 Å². The van der Waals surface area contributed by atoms with Crippen molar-refractivity contribution in [2.45, 2.75) is 32.7 Å². The van der Waals surface area contributed by atoms with E-state index in [2.05, 4.69) is 59.4 Å². The molecule has 4 heterocycles. The summed E-state index contributed by atoms with van der Waals surface area (Å²) in [6.07, 6.45) is 5.72. The second kappa shape index (κ2) is 11.2. The number of piperidine rings is 1. The lowest BCUT2D eigenvalue weighted by Crippen LogP contribution is -2.38. The van der Waals surface area contributed by atoms with Gasteiger partial charge in [0, 0.05) is 37.6 Å². The summed E-state index contributed by atoms with van der Waals surface area (Å²) < 4.78 is 0. The first kappa shape index (κ1) is 24.5. The average Bonchev–Trinajstić information content (AvgIpc) is 2.90. The molecule has 0 unspecified atom stereocenters. The highest BCUT2D eigenvalue weighted by atomic mass is 16.4. The molecule has 1 saturated heterocycles. The van der Waals surface area contributed by atoms with Crippen LogP contribution in [0.4, 0.5) is 11.6 Å². The van der Waals surface area contributed by atoms with Crippen LogP contribution in [0.15, 0.2) is 67.0 Å². The minimum absolute atomic E-state index is 0.265. The first-order valence-electron chi connectivity index (χ1n) is 12.4. The largest absolute Gasteiger partial charge is 0.481 e. The maximum absolute atomic E-state index is 11.3. The Morgan fingerprint density at radius 1 is 0.973 bits per heavy atom. The van der Waals surface area contributed by atoms with Crippen molar-refractivity contribution in [2.75, 3.05) is 18.4 Å². The Hall–Kier alpha value is -4.24. The summed E-state index contributed by atoms with van der Waals surface area (Å²) >= 11 is 0. The molecule has 9 heteroatoms. The first-order chi connectivity index (χ1) is 18.0. The number of hydrogen-bond acceptors (Lipinski definition) is 8. The summed E-state index contributed by atoms with van der Waals surface area (Å²) in [5.41, 5.74) is 3.91. The number of nitrogens with one attached hydrogen (secondary N) is 1. The van der Waals surface area contributed by atoms with Crippen LogP contribution in [0, 0.1) is 12.8 Å². The van der Waals surface area contributed by atoms with Gasteiger partial charge in [-0.25, -0.2) is 24.9 Å². The Morgan fingerprint density at radius 2 is 1.73 bits per heavy atom. The summed E-state index contributed by atoms with van der Waals surface area (Å²) in [6.45, 7) is 4.25. The van der Waals surface area contributed by atoms with Crippen molar-refractivity contribution in [1.29, 1.82) is 0 Å². The number of aryl methyl sites for hydroxylation is 1. The molecule has 1 aliphatic rings. The third kappa shape index (κ3) is 6.50. The maximum Gasteiger partial charge on any atom is 0.307 e. The van der Waals surface area contributed by atoms with E-state index in [0.717, 1.165) is 42.9 Å². The van der Waals surface area contributed by atoms with E-state index in [1.807, 2.05) is 31.2 Å². The lowest BCUT2D eigenvalue weighted by molar-refractivity contribution is -0.143. The number of carbonyl (C=O) groups is 1. The monoisotopic (exact) mass is 495 g/mol. The minimum atomic E-state index is -0.694. The zero-order valence-electron chi connectivity index (χ0n) is 20.7. The smallest absolute Gasteiger partial charge is 0.307 e. The number of aromatic nitrogens is 5. The second-order valence-corrected chi connectivity index (χ2v) is 9.32. The van der Waals surface area contributed by atoms with Gasteiger partial charge in [0.2, 0.25) is 0 Å². The summed E-state index contributed by atoms with van der Waals surface area (Å²) in [4.78, 5) is 36.1. The maximum atomic E-state index is 11.3. The zero-order chi connectivity index (χ0) is 25.6. The minimum Gasteiger partial charge on any atom is -0.481 e. The van der Waals surface area contributed by atoms with E-state index in [0.29, 0.717) is 36.3 Å². The van der Waals surface area contributed by atoms with Gasteiger partial charge >= 0.3 is 5.97 Å². The van der Waals surface area contributed by atoms with E-state index >= 15 is 0 Å². The lowest BCUT2D eigenvalue weighted by Gasteiger charge is -2.30. The third-order valence-electron chi connectivity index (χ3n) is 6.38. The van der Waals surface area contributed by atoms with Crippen molar-refractivity contribution in [3.63, 3.8) is 0 Å². The quantitative estimate of drug-likeness (QED) is 0.369. The van der Waals surface area contributed by atoms with Gasteiger partial charge < -0.3 is 10.4 Å². The van der Waals surface area contributed by atoms with Crippen LogP contribution in [0.1, 0.15) is 35.5 Å². The number of anilines is 2. The molecule has 1 atom stereocenters. The van der Waals surface area contributed by atoms with Gasteiger partial charge in [0.05, 0.1) is 5.92 Å². The van der Waals surface area contributed by atoms with Gasteiger partial charge in [-0.2, -0.15) is 0 Å². The Bertz CT molecular complexity index is 1380. The average molecular weight is 496 g/mol. The molecule has 0 saturated carbocycles. The van der Waals surface area contributed by atoms with Crippen molar-refractivity contribution in [2.24, 2.45) is 5.92 Å². The topological polar surface area (TPSA) is 117 Å². The molecule has 1 aromatic carbocycles. The summed E-state index contributed by atoms with van der Waals surface area (Å²) in [5.74, 6) is 1.57. The molecule has 1 aliphatic heterocycles. The van der Waals surface area contributed by atoms with Gasteiger partial charge in [-0.1, -0.05) is 30.3 Å². The summed E-state index contributed by atoms with van der Waals surface area (Å²) in [6, 6.07) is 17.7. The SMILES string of the molecule is Cc1cccc(-c2nccc(Nc3ccnc(Cc4ccc(CN5CCC[C@H](C(=O)O)C5)cc4)n3)n2)n1. The summed E-state index contributed by atoms with van der Waals surface area (Å²) in [5, 5.41) is 12.6. The Kier molecular flexibility index (Phi) is 7.41. The zero-order valence-corrected chi connectivity index (χ0v) is 20.7. The van der Waals surface area contributed by atoms with Crippen LogP contribution in [-0.4, -0.2) is 54.0 Å². The van der Waals surface area contributed by atoms with Gasteiger partial charge in [-0.05, 0) is 61.7 Å². The molecule has 4 aromatic rings. The number of carboxylic acids is 1. The summed E-state index contributed by atoms with van der Waals surface area (Å²) in [7, 11) is 0. The number of benzene rings is 1. The molecule has 2 N–H and O–H groups in total. The number of aliphatic carboxylic acids is 1. The molecule has 188 valence electrons. The van der Waals surface area contributed by atoms with Crippen molar-refractivity contribution < 1.29 is 9.90 Å². The number of nitrogens with zero attached hydrogens (tertiary/aromatic N) is 6. The highest BCUT2D eigenvalue weighted by Crippen LogP contribution is 2.20. The van der Waals surface area contributed by atoms with Crippen LogP contribution < -0.4 is 5.32 Å². The van der Waals surface area contributed by atoms with Gasteiger partial charge in [0.25, 0.3) is 0 Å². The fourth-order valence-electron chi connectivity index (χ4n) is 4.51. The molecule has 3 aromatic heterocycles. The molecule has 5 rings (SSSR count). The van der Waals surface area contributed by atoms with Gasteiger partial charge in [0.15, 0.2) is 5.82 Å². The second-order valence-electron chi connectivity index (χ2n) is 9.32. The van der Waals surface area contributed by atoms with Crippen LogP contribution in [0.5, 0.6) is 0 Å². The molecule has 9 nitrogen and oxygen atoms in total. The van der Waals surface area contributed by atoms with Gasteiger partial charge in [-0.3, -0.25) is 9.69 Å². The fourth-order valence-corrected chi connectivity index (χ4v) is 4.51. The van der Waals surface area contributed by atoms with Gasteiger partial charge in [-0.15, -0.1) is 0 Å². The van der Waals surface area contributed by atoms with Crippen LogP contribution in [0.25, 0.3) is 11.5 Å². The molecule has 0 amide bonds. The van der Waals surface area contributed by atoms with E-state index in [9.17, 15) is 9.90 Å². The van der Waals surface area contributed by atoms with Crippen molar-refractivity contribution in [3.05, 3.63) is 89.6 Å². The predicted molar refractivity (Wildman–Crippen MR) is 140 cm³/mol. The van der Waals surface area contributed by atoms with Crippen molar-refractivity contribution >= 4 is 17.6 Å². The highest BCUT2D eigenvalue weighted by molar-refractivity contribution is 5.70. The molecule has 37 heavy (non-hydrogen) atoms. The van der Waals surface area contributed by atoms with Crippen molar-refractivity contribution in [3.8, 4) is 11.5 Å². The van der Waals surface area contributed by atoms with E-state index in [4.69, 9.17) is 0 Å². The molecular formula is C28H29N7O2. The number of likely N-dealkylation sites (tertiary alicyclic amines) is 1. The number of pyridine rings is 1. The standard InChI is InChI=1S/C28H29N7O2/c1-19-4-2-6-23(31-19)27-30-14-12-25(34-27)32-24-11-13-29-26(33-24)16-20-7-9-21(10-8-20)17-35-15-3-5-22(18-35)28(36)37/h2,4,6-14,22H,3,5,15-18H2,1H3,(H,36,37)(H,29,30,32,33,34)/t22-/m0/s1. The van der Waals surface area contributed by atoms with Crippen LogP contribution in [-0.2, 0) is 17.8 Å². The number of carboxylic acid groups (broad SMARTS) is 1. The first-order valence-corrected chi connectivity index (χ1v) is 12.4. The Labute approximate surface area is 215 Å². The molecular weight excluding hydrogens is 466 g/mol. The molecule has 0 radical (unpaired) electrons.